The van der Waals surface area contributed by atoms with Gasteiger partial charge in [0.15, 0.2) is 10.4 Å². The highest BCUT2D eigenvalue weighted by atomic mass is 32.1. The zero-order chi connectivity index (χ0) is 13.6. The smallest absolute Gasteiger partial charge is 0.179 e. The summed E-state index contributed by atoms with van der Waals surface area (Å²) in [5.41, 5.74) is 3.26. The van der Waals surface area contributed by atoms with E-state index in [-0.39, 0.29) is 0 Å². The standard InChI is InChI=1S/C14H22N4S/c1-9-5-4-6-11(7-9)8-18-13-12(15-14(18)19)10(2)16-17(13)3/h9,11H,4-8H2,1-3H3,(H,15,19). The number of nitrogens with one attached hydrogen (secondary N) is 1. The number of hydrogen-bond donors (Lipinski definition) is 1. The third-order valence-corrected chi connectivity index (χ3v) is 4.73. The summed E-state index contributed by atoms with van der Waals surface area (Å²) >= 11 is 5.49. The van der Waals surface area contributed by atoms with Gasteiger partial charge in [0.05, 0.1) is 5.69 Å². The van der Waals surface area contributed by atoms with E-state index in [1.165, 1.54) is 25.7 Å². The van der Waals surface area contributed by atoms with Crippen molar-refractivity contribution >= 4 is 23.4 Å². The van der Waals surface area contributed by atoms with Gasteiger partial charge in [0.25, 0.3) is 0 Å². The van der Waals surface area contributed by atoms with E-state index in [1.807, 2.05) is 18.7 Å². The Labute approximate surface area is 118 Å². The molecule has 5 heteroatoms. The molecule has 0 aromatic carbocycles. The van der Waals surface area contributed by atoms with Crippen LogP contribution in [0.25, 0.3) is 11.2 Å². The lowest BCUT2D eigenvalue weighted by Crippen LogP contribution is -2.19. The van der Waals surface area contributed by atoms with Crippen molar-refractivity contribution in [1.29, 1.82) is 0 Å². The minimum atomic E-state index is 0.754. The SMILES string of the molecule is Cc1nn(C)c2c1[nH]c(=S)n2CC1CCCC(C)C1. The van der Waals surface area contributed by atoms with Crippen LogP contribution in [0.15, 0.2) is 0 Å². The molecule has 0 bridgehead atoms. The Hall–Kier alpha value is -1.10. The van der Waals surface area contributed by atoms with Crippen LogP contribution in [-0.2, 0) is 13.6 Å². The van der Waals surface area contributed by atoms with E-state index < -0.39 is 0 Å². The van der Waals surface area contributed by atoms with E-state index in [0.29, 0.717) is 0 Å². The first-order valence-electron chi connectivity index (χ1n) is 7.18. The predicted molar refractivity (Wildman–Crippen MR) is 79.7 cm³/mol. The fourth-order valence-electron chi connectivity index (χ4n) is 3.53. The van der Waals surface area contributed by atoms with Crippen LogP contribution in [0.3, 0.4) is 0 Å². The van der Waals surface area contributed by atoms with E-state index in [9.17, 15) is 0 Å². The number of hydrogen-bond acceptors (Lipinski definition) is 2. The zero-order valence-electron chi connectivity index (χ0n) is 11.9. The molecule has 1 N–H and O–H groups in total. The normalized spacial score (nSPS) is 24.2. The van der Waals surface area contributed by atoms with Gasteiger partial charge >= 0.3 is 0 Å². The second-order valence-corrected chi connectivity index (χ2v) is 6.47. The summed E-state index contributed by atoms with van der Waals surface area (Å²) in [6.45, 7) is 5.43. The van der Waals surface area contributed by atoms with Gasteiger partial charge in [-0.1, -0.05) is 19.8 Å². The number of rotatable bonds is 2. The first-order chi connectivity index (χ1) is 9.06. The Kier molecular flexibility index (Phi) is 3.25. The molecule has 1 aliphatic rings. The van der Waals surface area contributed by atoms with Crippen LogP contribution in [0.4, 0.5) is 0 Å². The van der Waals surface area contributed by atoms with Crippen molar-refractivity contribution in [3.05, 3.63) is 10.5 Å². The van der Waals surface area contributed by atoms with Gasteiger partial charge in [-0.2, -0.15) is 5.10 Å². The molecule has 2 atom stereocenters. The highest BCUT2D eigenvalue weighted by Gasteiger charge is 2.21. The van der Waals surface area contributed by atoms with Gasteiger partial charge in [-0.25, -0.2) is 0 Å². The van der Waals surface area contributed by atoms with Gasteiger partial charge in [-0.3, -0.25) is 4.68 Å². The molecule has 0 aliphatic heterocycles. The monoisotopic (exact) mass is 278 g/mol. The van der Waals surface area contributed by atoms with Crippen LogP contribution in [0.5, 0.6) is 0 Å². The molecule has 0 spiro atoms. The lowest BCUT2D eigenvalue weighted by atomic mass is 9.82. The van der Waals surface area contributed by atoms with E-state index >= 15 is 0 Å². The second-order valence-electron chi connectivity index (χ2n) is 6.09. The van der Waals surface area contributed by atoms with Crippen molar-refractivity contribution in [3.63, 3.8) is 0 Å². The molecule has 2 heterocycles. The van der Waals surface area contributed by atoms with Crippen molar-refractivity contribution in [2.24, 2.45) is 18.9 Å². The van der Waals surface area contributed by atoms with Crippen LogP contribution >= 0.6 is 12.2 Å². The Bertz CT molecular complexity index is 648. The summed E-state index contributed by atoms with van der Waals surface area (Å²) in [7, 11) is 2.00. The molecular weight excluding hydrogens is 256 g/mol. The first-order valence-corrected chi connectivity index (χ1v) is 7.59. The molecule has 3 rings (SSSR count). The lowest BCUT2D eigenvalue weighted by Gasteiger charge is -2.27. The highest BCUT2D eigenvalue weighted by molar-refractivity contribution is 7.71. The van der Waals surface area contributed by atoms with E-state index in [2.05, 4.69) is 21.6 Å². The molecule has 0 radical (unpaired) electrons. The van der Waals surface area contributed by atoms with Gasteiger partial charge in [-0.15, -0.1) is 0 Å². The van der Waals surface area contributed by atoms with Gasteiger partial charge in [0.1, 0.15) is 5.52 Å². The minimum absolute atomic E-state index is 0.754. The molecule has 2 unspecified atom stereocenters. The molecule has 0 saturated heterocycles. The van der Waals surface area contributed by atoms with E-state index in [1.54, 1.807) is 0 Å². The van der Waals surface area contributed by atoms with Crippen LogP contribution < -0.4 is 0 Å². The molecular formula is C14H22N4S. The summed E-state index contributed by atoms with van der Waals surface area (Å²) < 4.78 is 5.03. The average Bonchev–Trinajstić information content (AvgIpc) is 2.80. The highest BCUT2D eigenvalue weighted by Crippen LogP contribution is 2.30. The van der Waals surface area contributed by atoms with Crippen molar-refractivity contribution in [2.75, 3.05) is 0 Å². The van der Waals surface area contributed by atoms with Gasteiger partial charge in [0.2, 0.25) is 0 Å². The number of aryl methyl sites for hydroxylation is 2. The molecule has 2 aromatic rings. The molecule has 1 aliphatic carbocycles. The lowest BCUT2D eigenvalue weighted by molar-refractivity contribution is 0.257. The fourth-order valence-corrected chi connectivity index (χ4v) is 3.79. The number of fused-ring (bicyclic) bond motifs is 1. The molecule has 19 heavy (non-hydrogen) atoms. The maximum atomic E-state index is 5.49. The Morgan fingerprint density at radius 3 is 2.95 bits per heavy atom. The van der Waals surface area contributed by atoms with Gasteiger partial charge in [0, 0.05) is 13.6 Å². The average molecular weight is 278 g/mol. The molecule has 1 fully saturated rings. The maximum absolute atomic E-state index is 5.49. The van der Waals surface area contributed by atoms with Crippen molar-refractivity contribution in [2.45, 2.75) is 46.1 Å². The summed E-state index contributed by atoms with van der Waals surface area (Å²) in [6, 6.07) is 0. The molecule has 104 valence electrons. The summed E-state index contributed by atoms with van der Waals surface area (Å²) in [4.78, 5) is 3.31. The van der Waals surface area contributed by atoms with Gasteiger partial charge < -0.3 is 9.55 Å². The van der Waals surface area contributed by atoms with Crippen LogP contribution in [-0.4, -0.2) is 19.3 Å². The predicted octanol–water partition coefficient (Wildman–Crippen LogP) is 3.57. The number of aromatic amines is 1. The van der Waals surface area contributed by atoms with Crippen molar-refractivity contribution in [3.8, 4) is 0 Å². The molecule has 1 saturated carbocycles. The summed E-state index contributed by atoms with van der Waals surface area (Å²) in [5.74, 6) is 1.61. The number of nitrogens with zero attached hydrogens (tertiary/aromatic N) is 3. The Balaban J connectivity index is 1.96. The van der Waals surface area contributed by atoms with Crippen LogP contribution in [0, 0.1) is 23.5 Å². The van der Waals surface area contributed by atoms with Crippen molar-refractivity contribution < 1.29 is 0 Å². The van der Waals surface area contributed by atoms with E-state index in [0.717, 1.165) is 40.0 Å². The first kappa shape index (κ1) is 12.9. The number of H-pyrrole nitrogens is 1. The van der Waals surface area contributed by atoms with Crippen molar-refractivity contribution in [1.82, 2.24) is 19.3 Å². The largest absolute Gasteiger partial charge is 0.328 e. The maximum Gasteiger partial charge on any atom is 0.179 e. The second kappa shape index (κ2) is 4.78. The number of aromatic nitrogens is 4. The third kappa shape index (κ3) is 2.24. The molecule has 4 nitrogen and oxygen atoms in total. The summed E-state index contributed by atoms with van der Waals surface area (Å²) in [5, 5.41) is 4.48. The number of imidazole rings is 1. The topological polar surface area (TPSA) is 38.5 Å². The van der Waals surface area contributed by atoms with Gasteiger partial charge in [-0.05, 0) is 43.8 Å². The molecule has 2 aromatic heterocycles. The zero-order valence-corrected chi connectivity index (χ0v) is 12.8. The Morgan fingerprint density at radius 1 is 1.42 bits per heavy atom. The van der Waals surface area contributed by atoms with Crippen LogP contribution in [0.2, 0.25) is 0 Å². The van der Waals surface area contributed by atoms with Crippen LogP contribution in [0.1, 0.15) is 38.3 Å². The summed E-state index contributed by atoms with van der Waals surface area (Å²) in [6.07, 6.45) is 5.40. The minimum Gasteiger partial charge on any atom is -0.328 e. The fraction of sp³-hybridized carbons (Fsp3) is 0.714. The molecule has 0 amide bonds. The third-order valence-electron chi connectivity index (χ3n) is 4.41. The quantitative estimate of drug-likeness (QED) is 0.853. The van der Waals surface area contributed by atoms with E-state index in [4.69, 9.17) is 12.2 Å². The Morgan fingerprint density at radius 2 is 2.21 bits per heavy atom.